The fraction of sp³-hybridized carbons (Fsp3) is 0.714. The zero-order valence-corrected chi connectivity index (χ0v) is 11.6. The van der Waals surface area contributed by atoms with Crippen LogP contribution in [-0.4, -0.2) is 61.4 Å². The van der Waals surface area contributed by atoms with Crippen LogP contribution in [-0.2, 0) is 9.59 Å². The molecule has 1 N–H and O–H groups in total. The number of carbonyl (C=O) groups excluding carboxylic acids is 2. The first-order valence-corrected chi connectivity index (χ1v) is 7.06. The Hall–Kier alpha value is -1.36. The SMILES string of the molecule is CNC(=O)CN1CCN(C(=O)CC2C=CCC2)CC1. The number of carbonyl (C=O) groups is 2. The van der Waals surface area contributed by atoms with Crippen LogP contribution in [0.5, 0.6) is 0 Å². The van der Waals surface area contributed by atoms with Crippen LogP contribution in [0.15, 0.2) is 12.2 Å². The largest absolute Gasteiger partial charge is 0.358 e. The standard InChI is InChI=1S/C14H23N3O2/c1-15-13(18)11-16-6-8-17(9-7-16)14(19)10-12-4-2-3-5-12/h2,4,12H,3,5-11H2,1H3,(H,15,18). The average molecular weight is 265 g/mol. The van der Waals surface area contributed by atoms with E-state index in [1.165, 1.54) is 0 Å². The van der Waals surface area contributed by atoms with E-state index >= 15 is 0 Å². The molecule has 0 saturated carbocycles. The summed E-state index contributed by atoms with van der Waals surface area (Å²) in [5, 5.41) is 2.63. The minimum Gasteiger partial charge on any atom is -0.358 e. The highest BCUT2D eigenvalue weighted by molar-refractivity contribution is 5.78. The molecule has 0 radical (unpaired) electrons. The monoisotopic (exact) mass is 265 g/mol. The second-order valence-electron chi connectivity index (χ2n) is 5.30. The Morgan fingerprint density at radius 1 is 1.26 bits per heavy atom. The van der Waals surface area contributed by atoms with Gasteiger partial charge >= 0.3 is 0 Å². The predicted molar refractivity (Wildman–Crippen MR) is 73.6 cm³/mol. The topological polar surface area (TPSA) is 52.7 Å². The summed E-state index contributed by atoms with van der Waals surface area (Å²) in [6.07, 6.45) is 7.20. The molecule has 1 atom stereocenters. The van der Waals surface area contributed by atoms with E-state index in [4.69, 9.17) is 0 Å². The Morgan fingerprint density at radius 2 is 2.00 bits per heavy atom. The molecule has 0 aromatic carbocycles. The lowest BCUT2D eigenvalue weighted by molar-refractivity contribution is -0.133. The fourth-order valence-electron chi connectivity index (χ4n) is 2.66. The summed E-state index contributed by atoms with van der Waals surface area (Å²) in [7, 11) is 1.65. The Kier molecular flexibility index (Phi) is 4.96. The van der Waals surface area contributed by atoms with Gasteiger partial charge in [-0.25, -0.2) is 0 Å². The van der Waals surface area contributed by atoms with Crippen LogP contribution in [0.3, 0.4) is 0 Å². The van der Waals surface area contributed by atoms with Crippen molar-refractivity contribution < 1.29 is 9.59 Å². The molecule has 1 aliphatic carbocycles. The molecule has 1 heterocycles. The lowest BCUT2D eigenvalue weighted by atomic mass is 10.0. The summed E-state index contributed by atoms with van der Waals surface area (Å²) in [4.78, 5) is 27.5. The van der Waals surface area contributed by atoms with Crippen molar-refractivity contribution >= 4 is 11.8 Å². The molecule has 1 unspecified atom stereocenters. The second kappa shape index (κ2) is 6.70. The van der Waals surface area contributed by atoms with E-state index in [-0.39, 0.29) is 11.8 Å². The number of allylic oxidation sites excluding steroid dienone is 2. The third kappa shape index (κ3) is 4.06. The minimum atomic E-state index is 0.0378. The molecule has 5 nitrogen and oxygen atoms in total. The molecular formula is C14H23N3O2. The number of nitrogens with zero attached hydrogens (tertiary/aromatic N) is 2. The number of hydrogen-bond acceptors (Lipinski definition) is 3. The van der Waals surface area contributed by atoms with Crippen LogP contribution >= 0.6 is 0 Å². The van der Waals surface area contributed by atoms with Gasteiger partial charge < -0.3 is 10.2 Å². The molecule has 1 saturated heterocycles. The van der Waals surface area contributed by atoms with Gasteiger partial charge in [0.05, 0.1) is 6.54 Å². The van der Waals surface area contributed by atoms with Crippen LogP contribution < -0.4 is 5.32 Å². The van der Waals surface area contributed by atoms with Gasteiger partial charge in [0.1, 0.15) is 0 Å². The van der Waals surface area contributed by atoms with Crippen molar-refractivity contribution in [2.75, 3.05) is 39.8 Å². The predicted octanol–water partition coefficient (Wildman–Crippen LogP) is 0.233. The van der Waals surface area contributed by atoms with Crippen LogP contribution in [0.1, 0.15) is 19.3 Å². The molecule has 2 rings (SSSR count). The lowest BCUT2D eigenvalue weighted by Gasteiger charge is -2.34. The third-order valence-electron chi connectivity index (χ3n) is 3.92. The summed E-state index contributed by atoms with van der Waals surface area (Å²) in [6.45, 7) is 3.50. The smallest absolute Gasteiger partial charge is 0.233 e. The third-order valence-corrected chi connectivity index (χ3v) is 3.92. The number of nitrogens with one attached hydrogen (secondary N) is 1. The van der Waals surface area contributed by atoms with Crippen molar-refractivity contribution in [2.24, 2.45) is 5.92 Å². The van der Waals surface area contributed by atoms with E-state index in [0.717, 1.165) is 39.0 Å². The van der Waals surface area contributed by atoms with Crippen LogP contribution in [0, 0.1) is 5.92 Å². The van der Waals surface area contributed by atoms with Gasteiger partial charge in [0.2, 0.25) is 11.8 Å². The summed E-state index contributed by atoms with van der Waals surface area (Å²) >= 11 is 0. The Balaban J connectivity index is 1.71. The zero-order chi connectivity index (χ0) is 13.7. The van der Waals surface area contributed by atoms with Crippen LogP contribution in [0.4, 0.5) is 0 Å². The highest BCUT2D eigenvalue weighted by Crippen LogP contribution is 2.21. The van der Waals surface area contributed by atoms with Gasteiger partial charge in [-0.3, -0.25) is 14.5 Å². The quantitative estimate of drug-likeness (QED) is 0.741. The molecule has 0 bridgehead atoms. The first kappa shape index (κ1) is 14.1. The van der Waals surface area contributed by atoms with Gasteiger partial charge in [-0.15, -0.1) is 0 Å². The maximum Gasteiger partial charge on any atom is 0.233 e. The van der Waals surface area contributed by atoms with E-state index in [1.807, 2.05) is 4.90 Å². The Bertz CT molecular complexity index is 360. The van der Waals surface area contributed by atoms with Crippen molar-refractivity contribution in [2.45, 2.75) is 19.3 Å². The maximum absolute atomic E-state index is 12.1. The molecule has 5 heteroatoms. The van der Waals surface area contributed by atoms with Crippen molar-refractivity contribution in [1.82, 2.24) is 15.1 Å². The van der Waals surface area contributed by atoms with Crippen molar-refractivity contribution in [1.29, 1.82) is 0 Å². The van der Waals surface area contributed by atoms with Crippen molar-refractivity contribution in [3.8, 4) is 0 Å². The molecule has 2 aliphatic rings. The van der Waals surface area contributed by atoms with Gasteiger partial charge in [-0.05, 0) is 18.8 Å². The van der Waals surface area contributed by atoms with Gasteiger partial charge in [-0.2, -0.15) is 0 Å². The molecule has 1 aliphatic heterocycles. The molecule has 1 fully saturated rings. The summed E-state index contributed by atoms with van der Waals surface area (Å²) < 4.78 is 0. The molecule has 0 aromatic heterocycles. The summed E-state index contributed by atoms with van der Waals surface area (Å²) in [5.74, 6) is 0.739. The molecule has 2 amide bonds. The van der Waals surface area contributed by atoms with Gasteiger partial charge in [0, 0.05) is 39.6 Å². The van der Waals surface area contributed by atoms with Crippen molar-refractivity contribution in [3.05, 3.63) is 12.2 Å². The number of rotatable bonds is 4. The molecule has 0 aromatic rings. The molecule has 0 spiro atoms. The average Bonchev–Trinajstić information content (AvgIpc) is 2.92. The van der Waals surface area contributed by atoms with Gasteiger partial charge in [0.15, 0.2) is 0 Å². The minimum absolute atomic E-state index is 0.0378. The number of likely N-dealkylation sites (N-methyl/N-ethyl adjacent to an activating group) is 1. The Labute approximate surface area is 114 Å². The first-order chi connectivity index (χ1) is 9.19. The van der Waals surface area contributed by atoms with E-state index in [2.05, 4.69) is 22.4 Å². The summed E-state index contributed by atoms with van der Waals surface area (Å²) in [5.41, 5.74) is 0. The van der Waals surface area contributed by atoms with Crippen LogP contribution in [0.2, 0.25) is 0 Å². The zero-order valence-electron chi connectivity index (χ0n) is 11.6. The highest BCUT2D eigenvalue weighted by Gasteiger charge is 2.24. The van der Waals surface area contributed by atoms with Gasteiger partial charge in [0.25, 0.3) is 0 Å². The van der Waals surface area contributed by atoms with E-state index < -0.39 is 0 Å². The van der Waals surface area contributed by atoms with E-state index in [1.54, 1.807) is 7.05 Å². The highest BCUT2D eigenvalue weighted by atomic mass is 16.2. The normalized spacial score (nSPS) is 23.6. The summed E-state index contributed by atoms with van der Waals surface area (Å²) in [6, 6.07) is 0. The number of hydrogen-bond donors (Lipinski definition) is 1. The second-order valence-corrected chi connectivity index (χ2v) is 5.30. The first-order valence-electron chi connectivity index (χ1n) is 7.06. The van der Waals surface area contributed by atoms with Crippen molar-refractivity contribution in [3.63, 3.8) is 0 Å². The molecular weight excluding hydrogens is 242 g/mol. The fourth-order valence-corrected chi connectivity index (χ4v) is 2.66. The van der Waals surface area contributed by atoms with Gasteiger partial charge in [-0.1, -0.05) is 12.2 Å². The van der Waals surface area contributed by atoms with Crippen LogP contribution in [0.25, 0.3) is 0 Å². The van der Waals surface area contributed by atoms with E-state index in [9.17, 15) is 9.59 Å². The Morgan fingerprint density at radius 3 is 2.58 bits per heavy atom. The number of amides is 2. The molecule has 106 valence electrons. The number of piperazine rings is 1. The molecule has 19 heavy (non-hydrogen) atoms. The maximum atomic E-state index is 12.1. The lowest BCUT2D eigenvalue weighted by Crippen LogP contribution is -2.51. The van der Waals surface area contributed by atoms with E-state index in [0.29, 0.717) is 18.9 Å².